The summed E-state index contributed by atoms with van der Waals surface area (Å²) >= 11 is 0. The molecule has 6 heteroatoms. The molecule has 3 aromatic rings. The van der Waals surface area contributed by atoms with Crippen molar-refractivity contribution < 1.29 is 4.74 Å². The Hall–Kier alpha value is -3.17. The molecule has 1 aliphatic rings. The van der Waals surface area contributed by atoms with Crippen molar-refractivity contribution in [2.45, 2.75) is 13.8 Å². The van der Waals surface area contributed by atoms with Crippen molar-refractivity contribution in [2.75, 3.05) is 31.2 Å². The summed E-state index contributed by atoms with van der Waals surface area (Å²) in [6.07, 6.45) is 3.70. The minimum Gasteiger partial charge on any atom is -0.378 e. The van der Waals surface area contributed by atoms with Gasteiger partial charge >= 0.3 is 0 Å². The number of imidazole rings is 1. The number of hydrogen-bond acceptors (Lipinski definition) is 5. The zero-order valence-electron chi connectivity index (χ0n) is 15.5. The van der Waals surface area contributed by atoms with Crippen LogP contribution in [0.3, 0.4) is 0 Å². The van der Waals surface area contributed by atoms with E-state index in [1.165, 1.54) is 0 Å². The van der Waals surface area contributed by atoms with Crippen molar-refractivity contribution in [3.63, 3.8) is 0 Å². The van der Waals surface area contributed by atoms with Crippen LogP contribution in [0, 0.1) is 25.7 Å². The molecule has 27 heavy (non-hydrogen) atoms. The van der Waals surface area contributed by atoms with E-state index >= 15 is 0 Å². The number of pyridine rings is 2. The molecule has 0 atom stereocenters. The summed E-state index contributed by atoms with van der Waals surface area (Å²) in [5.74, 6) is 8.95. The predicted molar refractivity (Wildman–Crippen MR) is 104 cm³/mol. The Morgan fingerprint density at radius 1 is 1.00 bits per heavy atom. The highest BCUT2D eigenvalue weighted by Gasteiger charge is 2.14. The summed E-state index contributed by atoms with van der Waals surface area (Å²) in [5, 5.41) is 0. The Morgan fingerprint density at radius 3 is 2.63 bits per heavy atom. The van der Waals surface area contributed by atoms with Gasteiger partial charge in [0, 0.05) is 36.7 Å². The van der Waals surface area contributed by atoms with Crippen molar-refractivity contribution in [3.05, 3.63) is 65.5 Å². The van der Waals surface area contributed by atoms with E-state index in [9.17, 15) is 0 Å². The van der Waals surface area contributed by atoms with Crippen LogP contribution in [0.2, 0.25) is 0 Å². The quantitative estimate of drug-likeness (QED) is 0.658. The van der Waals surface area contributed by atoms with Crippen molar-refractivity contribution >= 4 is 5.82 Å². The Kier molecular flexibility index (Phi) is 4.86. The van der Waals surface area contributed by atoms with E-state index in [2.05, 4.69) is 26.7 Å². The maximum atomic E-state index is 5.43. The smallest absolute Gasteiger partial charge is 0.140 e. The van der Waals surface area contributed by atoms with Crippen LogP contribution >= 0.6 is 0 Å². The van der Waals surface area contributed by atoms with Gasteiger partial charge in [0.2, 0.25) is 0 Å². The summed E-state index contributed by atoms with van der Waals surface area (Å²) in [5.41, 5.74) is 2.61. The molecule has 3 aromatic heterocycles. The van der Waals surface area contributed by atoms with Crippen LogP contribution in [0.5, 0.6) is 0 Å². The first-order valence-electron chi connectivity index (χ1n) is 9.00. The number of morpholine rings is 1. The number of nitrogens with zero attached hydrogens (tertiary/aromatic N) is 5. The van der Waals surface area contributed by atoms with E-state index in [1.807, 2.05) is 54.9 Å². The molecule has 1 fully saturated rings. The maximum absolute atomic E-state index is 5.43. The van der Waals surface area contributed by atoms with Gasteiger partial charge in [0.15, 0.2) is 0 Å². The molecule has 0 unspecified atom stereocenters. The highest BCUT2D eigenvalue weighted by molar-refractivity contribution is 5.45. The normalized spacial score (nSPS) is 13.9. The van der Waals surface area contributed by atoms with E-state index in [-0.39, 0.29) is 0 Å². The third-order valence-corrected chi connectivity index (χ3v) is 4.42. The number of ether oxygens (including phenoxy) is 1. The van der Waals surface area contributed by atoms with Gasteiger partial charge in [-0.05, 0) is 44.0 Å². The van der Waals surface area contributed by atoms with Crippen LogP contribution in [-0.4, -0.2) is 45.8 Å². The summed E-state index contributed by atoms with van der Waals surface area (Å²) in [7, 11) is 0. The Bertz CT molecular complexity index is 1010. The lowest BCUT2D eigenvalue weighted by Gasteiger charge is -2.28. The van der Waals surface area contributed by atoms with Gasteiger partial charge in [-0.3, -0.25) is 9.55 Å². The van der Waals surface area contributed by atoms with Crippen molar-refractivity contribution in [2.24, 2.45) is 0 Å². The van der Waals surface area contributed by atoms with Crippen LogP contribution in [0.25, 0.3) is 5.82 Å². The zero-order chi connectivity index (χ0) is 18.6. The van der Waals surface area contributed by atoms with E-state index in [4.69, 9.17) is 9.72 Å². The van der Waals surface area contributed by atoms with Gasteiger partial charge in [-0.2, -0.15) is 0 Å². The standard InChI is InChI=1S/C21H21N5O/c1-16-14-18(8-9-22-16)6-7-19-15-26(17(2)23-19)21-5-3-4-20(24-21)25-10-12-27-13-11-25/h3-5,8-9,14-15H,10-13H2,1-2H3. The molecule has 136 valence electrons. The van der Waals surface area contributed by atoms with Crippen molar-refractivity contribution in [1.82, 2.24) is 19.5 Å². The summed E-state index contributed by atoms with van der Waals surface area (Å²) in [4.78, 5) is 15.8. The van der Waals surface area contributed by atoms with Crippen LogP contribution < -0.4 is 4.90 Å². The molecule has 1 aliphatic heterocycles. The second-order valence-corrected chi connectivity index (χ2v) is 6.43. The van der Waals surface area contributed by atoms with Gasteiger partial charge in [-0.25, -0.2) is 9.97 Å². The van der Waals surface area contributed by atoms with Crippen LogP contribution in [-0.2, 0) is 4.74 Å². The molecule has 0 saturated carbocycles. The molecule has 0 aliphatic carbocycles. The van der Waals surface area contributed by atoms with Gasteiger partial charge < -0.3 is 9.64 Å². The number of anilines is 1. The maximum Gasteiger partial charge on any atom is 0.140 e. The molecule has 0 aromatic carbocycles. The molecule has 0 amide bonds. The van der Waals surface area contributed by atoms with Crippen molar-refractivity contribution in [1.29, 1.82) is 0 Å². The lowest BCUT2D eigenvalue weighted by molar-refractivity contribution is 0.122. The second-order valence-electron chi connectivity index (χ2n) is 6.43. The fraction of sp³-hybridized carbons (Fsp3) is 0.286. The fourth-order valence-electron chi connectivity index (χ4n) is 3.04. The van der Waals surface area contributed by atoms with Gasteiger partial charge in [0.05, 0.1) is 13.2 Å². The van der Waals surface area contributed by atoms with Gasteiger partial charge in [0.1, 0.15) is 23.2 Å². The van der Waals surface area contributed by atoms with Crippen LogP contribution in [0.1, 0.15) is 22.8 Å². The topological polar surface area (TPSA) is 56.1 Å². The Morgan fingerprint density at radius 2 is 1.81 bits per heavy atom. The molecular weight excluding hydrogens is 338 g/mol. The zero-order valence-corrected chi connectivity index (χ0v) is 15.5. The van der Waals surface area contributed by atoms with E-state index in [0.29, 0.717) is 0 Å². The highest BCUT2D eigenvalue weighted by Crippen LogP contribution is 2.17. The Labute approximate surface area is 158 Å². The van der Waals surface area contributed by atoms with Crippen molar-refractivity contribution in [3.8, 4) is 17.7 Å². The lowest BCUT2D eigenvalue weighted by atomic mass is 10.2. The molecule has 6 nitrogen and oxygen atoms in total. The van der Waals surface area contributed by atoms with E-state index in [1.54, 1.807) is 6.20 Å². The van der Waals surface area contributed by atoms with Gasteiger partial charge in [-0.15, -0.1) is 0 Å². The first kappa shape index (κ1) is 17.3. The summed E-state index contributed by atoms with van der Waals surface area (Å²) < 4.78 is 7.40. The molecule has 0 spiro atoms. The third kappa shape index (κ3) is 3.99. The predicted octanol–water partition coefficient (Wildman–Crippen LogP) is 2.52. The molecule has 0 N–H and O–H groups in total. The molecule has 4 heterocycles. The minimum absolute atomic E-state index is 0.723. The molecular formula is C21H21N5O. The minimum atomic E-state index is 0.723. The van der Waals surface area contributed by atoms with Crippen LogP contribution in [0.4, 0.5) is 5.82 Å². The lowest BCUT2D eigenvalue weighted by Crippen LogP contribution is -2.36. The first-order chi connectivity index (χ1) is 13.2. The largest absolute Gasteiger partial charge is 0.378 e. The number of rotatable bonds is 2. The number of aryl methyl sites for hydroxylation is 2. The number of hydrogen-bond donors (Lipinski definition) is 0. The van der Waals surface area contributed by atoms with Crippen LogP contribution in [0.15, 0.2) is 42.7 Å². The molecule has 0 bridgehead atoms. The van der Waals surface area contributed by atoms with E-state index < -0.39 is 0 Å². The van der Waals surface area contributed by atoms with Gasteiger partial charge in [0.25, 0.3) is 0 Å². The first-order valence-corrected chi connectivity index (χ1v) is 9.00. The van der Waals surface area contributed by atoms with Gasteiger partial charge in [-0.1, -0.05) is 12.0 Å². The number of aromatic nitrogens is 4. The monoisotopic (exact) mass is 359 g/mol. The summed E-state index contributed by atoms with van der Waals surface area (Å²) in [6.45, 7) is 7.12. The SMILES string of the molecule is Cc1cc(C#Cc2cn(-c3cccc(N4CCOCC4)n3)c(C)n2)ccn1. The fourth-order valence-corrected chi connectivity index (χ4v) is 3.04. The molecule has 1 saturated heterocycles. The Balaban J connectivity index is 1.60. The highest BCUT2D eigenvalue weighted by atomic mass is 16.5. The molecule has 0 radical (unpaired) electrons. The summed E-state index contributed by atoms with van der Waals surface area (Å²) in [6, 6.07) is 9.91. The third-order valence-electron chi connectivity index (χ3n) is 4.42. The average Bonchev–Trinajstić information content (AvgIpc) is 3.08. The average molecular weight is 359 g/mol. The molecule has 4 rings (SSSR count). The van der Waals surface area contributed by atoms with E-state index in [0.717, 1.165) is 60.7 Å². The second kappa shape index (κ2) is 7.60.